The monoisotopic (exact) mass is 260 g/mol. The quantitative estimate of drug-likeness (QED) is 0.760. The van der Waals surface area contributed by atoms with Gasteiger partial charge in [0.15, 0.2) is 0 Å². The molecule has 18 heavy (non-hydrogen) atoms. The number of nitrogens with zero attached hydrogens (tertiary/aromatic N) is 2. The molecule has 3 heteroatoms. The van der Waals surface area contributed by atoms with E-state index in [0.29, 0.717) is 11.7 Å². The topological polar surface area (TPSA) is 25.8 Å². The standard InChI is InChI=1S/C15H17ClN2/c1-9-5-10(2)15(11(3)6-9)13-7-12(4)17-14(8-16)18-13/h5-7H,8H2,1-4H3. The smallest absolute Gasteiger partial charge is 0.143 e. The van der Waals surface area contributed by atoms with Crippen molar-refractivity contribution in [1.29, 1.82) is 0 Å². The molecular weight excluding hydrogens is 244 g/mol. The Kier molecular flexibility index (Phi) is 3.67. The summed E-state index contributed by atoms with van der Waals surface area (Å²) in [5, 5.41) is 0. The summed E-state index contributed by atoms with van der Waals surface area (Å²) in [4.78, 5) is 8.84. The van der Waals surface area contributed by atoms with Crippen molar-refractivity contribution in [2.75, 3.05) is 0 Å². The van der Waals surface area contributed by atoms with Crippen molar-refractivity contribution in [2.24, 2.45) is 0 Å². The van der Waals surface area contributed by atoms with Crippen molar-refractivity contribution in [3.05, 3.63) is 46.4 Å². The molecule has 0 radical (unpaired) electrons. The van der Waals surface area contributed by atoms with Gasteiger partial charge in [0.25, 0.3) is 0 Å². The van der Waals surface area contributed by atoms with Crippen LogP contribution < -0.4 is 0 Å². The average Bonchev–Trinajstić information content (AvgIpc) is 2.26. The number of hydrogen-bond donors (Lipinski definition) is 0. The largest absolute Gasteiger partial charge is 0.237 e. The molecule has 94 valence electrons. The highest BCUT2D eigenvalue weighted by molar-refractivity contribution is 6.16. The fraction of sp³-hybridized carbons (Fsp3) is 0.333. The Hall–Kier alpha value is -1.41. The molecule has 0 unspecified atom stereocenters. The summed E-state index contributed by atoms with van der Waals surface area (Å²) in [5.41, 5.74) is 6.87. The van der Waals surface area contributed by atoms with Crippen molar-refractivity contribution in [2.45, 2.75) is 33.6 Å². The first-order chi connectivity index (χ1) is 8.51. The molecule has 2 aromatic rings. The maximum Gasteiger partial charge on any atom is 0.143 e. The molecule has 0 spiro atoms. The van der Waals surface area contributed by atoms with Crippen molar-refractivity contribution in [3.63, 3.8) is 0 Å². The van der Waals surface area contributed by atoms with E-state index in [0.717, 1.165) is 11.4 Å². The number of benzene rings is 1. The van der Waals surface area contributed by atoms with E-state index in [4.69, 9.17) is 11.6 Å². The molecule has 1 aromatic carbocycles. The summed E-state index contributed by atoms with van der Waals surface area (Å²) < 4.78 is 0. The lowest BCUT2D eigenvalue weighted by Gasteiger charge is -2.12. The number of hydrogen-bond acceptors (Lipinski definition) is 2. The Bertz CT molecular complexity index is 568. The van der Waals surface area contributed by atoms with E-state index in [-0.39, 0.29) is 0 Å². The summed E-state index contributed by atoms with van der Waals surface area (Å²) >= 11 is 5.84. The van der Waals surface area contributed by atoms with Gasteiger partial charge < -0.3 is 0 Å². The van der Waals surface area contributed by atoms with Crippen LogP contribution >= 0.6 is 11.6 Å². The maximum atomic E-state index is 5.84. The Labute approximate surface area is 113 Å². The first-order valence-electron chi connectivity index (χ1n) is 6.00. The zero-order valence-electron chi connectivity index (χ0n) is 11.2. The first kappa shape index (κ1) is 13.0. The van der Waals surface area contributed by atoms with E-state index in [9.17, 15) is 0 Å². The van der Waals surface area contributed by atoms with Crippen molar-refractivity contribution < 1.29 is 0 Å². The lowest BCUT2D eigenvalue weighted by molar-refractivity contribution is 0.994. The second-order valence-electron chi connectivity index (χ2n) is 4.72. The van der Waals surface area contributed by atoms with Gasteiger partial charge in [0, 0.05) is 11.3 Å². The molecule has 0 bridgehead atoms. The van der Waals surface area contributed by atoms with Gasteiger partial charge in [-0.2, -0.15) is 0 Å². The molecule has 2 nitrogen and oxygen atoms in total. The molecule has 2 rings (SSSR count). The van der Waals surface area contributed by atoms with Crippen LogP contribution in [-0.4, -0.2) is 9.97 Å². The molecule has 0 aliphatic carbocycles. The normalized spacial score (nSPS) is 10.7. The first-order valence-corrected chi connectivity index (χ1v) is 6.53. The van der Waals surface area contributed by atoms with Gasteiger partial charge in [0.05, 0.1) is 11.6 Å². The number of aromatic nitrogens is 2. The average molecular weight is 261 g/mol. The van der Waals surface area contributed by atoms with Crippen LogP contribution in [0, 0.1) is 27.7 Å². The van der Waals surface area contributed by atoms with E-state index in [1.807, 2.05) is 13.0 Å². The summed E-state index contributed by atoms with van der Waals surface area (Å²) in [7, 11) is 0. The predicted molar refractivity (Wildman–Crippen MR) is 76.0 cm³/mol. The predicted octanol–water partition coefficient (Wildman–Crippen LogP) is 4.12. The van der Waals surface area contributed by atoms with E-state index in [2.05, 4.69) is 42.9 Å². The minimum Gasteiger partial charge on any atom is -0.237 e. The number of rotatable bonds is 2. The summed E-state index contributed by atoms with van der Waals surface area (Å²) in [6, 6.07) is 6.38. The lowest BCUT2D eigenvalue weighted by atomic mass is 9.97. The van der Waals surface area contributed by atoms with Crippen molar-refractivity contribution in [1.82, 2.24) is 9.97 Å². The molecular formula is C15H17ClN2. The van der Waals surface area contributed by atoms with Crippen LogP contribution in [0.2, 0.25) is 0 Å². The number of alkyl halides is 1. The fourth-order valence-electron chi connectivity index (χ4n) is 2.40. The van der Waals surface area contributed by atoms with Crippen molar-refractivity contribution in [3.8, 4) is 11.3 Å². The molecule has 1 heterocycles. The van der Waals surface area contributed by atoms with Crippen LogP contribution in [0.4, 0.5) is 0 Å². The van der Waals surface area contributed by atoms with Gasteiger partial charge in [-0.15, -0.1) is 11.6 Å². The summed E-state index contributed by atoms with van der Waals surface area (Å²) in [6.45, 7) is 8.32. The van der Waals surface area contributed by atoms with Crippen molar-refractivity contribution >= 4 is 11.6 Å². The third kappa shape index (κ3) is 2.54. The van der Waals surface area contributed by atoms with Crippen LogP contribution in [0.3, 0.4) is 0 Å². The third-order valence-corrected chi connectivity index (χ3v) is 3.19. The summed E-state index contributed by atoms with van der Waals surface area (Å²) in [6.07, 6.45) is 0. The molecule has 1 aromatic heterocycles. The van der Waals surface area contributed by atoms with E-state index in [1.54, 1.807) is 0 Å². The van der Waals surface area contributed by atoms with E-state index >= 15 is 0 Å². The number of halogens is 1. The second kappa shape index (κ2) is 5.07. The van der Waals surface area contributed by atoms with Crippen LogP contribution in [0.1, 0.15) is 28.2 Å². The molecule has 0 aliphatic rings. The Morgan fingerprint density at radius 3 is 2.11 bits per heavy atom. The highest BCUT2D eigenvalue weighted by Gasteiger charge is 2.10. The van der Waals surface area contributed by atoms with Gasteiger partial charge >= 0.3 is 0 Å². The molecule has 0 aliphatic heterocycles. The van der Waals surface area contributed by atoms with Gasteiger partial charge in [0.1, 0.15) is 5.82 Å². The highest BCUT2D eigenvalue weighted by Crippen LogP contribution is 2.27. The summed E-state index contributed by atoms with van der Waals surface area (Å²) in [5.74, 6) is 1.03. The zero-order valence-corrected chi connectivity index (χ0v) is 12.0. The van der Waals surface area contributed by atoms with Gasteiger partial charge in [-0.1, -0.05) is 17.7 Å². The second-order valence-corrected chi connectivity index (χ2v) is 4.99. The van der Waals surface area contributed by atoms with E-state index in [1.165, 1.54) is 22.3 Å². The minimum atomic E-state index is 0.346. The fourth-order valence-corrected chi connectivity index (χ4v) is 2.52. The molecule has 0 amide bonds. The van der Waals surface area contributed by atoms with Crippen LogP contribution in [0.25, 0.3) is 11.3 Å². The maximum absolute atomic E-state index is 5.84. The van der Waals surface area contributed by atoms with Crippen LogP contribution in [0.5, 0.6) is 0 Å². The lowest BCUT2D eigenvalue weighted by Crippen LogP contribution is -1.99. The molecule has 0 saturated carbocycles. The van der Waals surface area contributed by atoms with Gasteiger partial charge in [-0.25, -0.2) is 9.97 Å². The molecule has 0 N–H and O–H groups in total. The Morgan fingerprint density at radius 2 is 1.56 bits per heavy atom. The van der Waals surface area contributed by atoms with Gasteiger partial charge in [-0.05, 0) is 44.9 Å². The van der Waals surface area contributed by atoms with Crippen LogP contribution in [0.15, 0.2) is 18.2 Å². The Morgan fingerprint density at radius 1 is 0.944 bits per heavy atom. The molecule has 0 fully saturated rings. The zero-order chi connectivity index (χ0) is 13.3. The minimum absolute atomic E-state index is 0.346. The molecule has 0 saturated heterocycles. The SMILES string of the molecule is Cc1cc(C)c(-c2cc(C)nc(CCl)n2)c(C)c1. The number of aryl methyl sites for hydroxylation is 4. The highest BCUT2D eigenvalue weighted by atomic mass is 35.5. The van der Waals surface area contributed by atoms with E-state index < -0.39 is 0 Å². The third-order valence-electron chi connectivity index (χ3n) is 2.95. The van der Waals surface area contributed by atoms with Gasteiger partial charge in [-0.3, -0.25) is 0 Å². The molecule has 0 atom stereocenters. The van der Waals surface area contributed by atoms with Gasteiger partial charge in [0.2, 0.25) is 0 Å². The Balaban J connectivity index is 2.65. The van der Waals surface area contributed by atoms with Crippen LogP contribution in [-0.2, 0) is 5.88 Å².